The van der Waals surface area contributed by atoms with Crippen molar-refractivity contribution in [2.45, 2.75) is 0 Å². The van der Waals surface area contributed by atoms with E-state index >= 15 is 0 Å². The van der Waals surface area contributed by atoms with Gasteiger partial charge in [0.2, 0.25) is 0 Å². The van der Waals surface area contributed by atoms with E-state index in [0.717, 1.165) is 0 Å². The van der Waals surface area contributed by atoms with Crippen molar-refractivity contribution in [2.24, 2.45) is 0 Å². The molecule has 0 aromatic rings. The lowest BCUT2D eigenvalue weighted by Gasteiger charge is -1.94. The van der Waals surface area contributed by atoms with Crippen LogP contribution in [0.4, 0.5) is 0 Å². The number of aliphatic hydroxyl groups is 2. The molecule has 0 rings (SSSR count). The smallest absolute Gasteiger partial charge is 0.309 e. The van der Waals surface area contributed by atoms with E-state index in [0.29, 0.717) is 0 Å². The summed E-state index contributed by atoms with van der Waals surface area (Å²) in [6, 6.07) is 0. The van der Waals surface area contributed by atoms with Crippen molar-refractivity contribution < 1.29 is 22.8 Å². The van der Waals surface area contributed by atoms with Crippen molar-refractivity contribution in [3.05, 3.63) is 0 Å². The Kier molecular flexibility index (Phi) is 5.13. The molecule has 0 spiro atoms. The lowest BCUT2D eigenvalue weighted by molar-refractivity contribution is 0.0615. The topological polar surface area (TPSA) is 76.0 Å². The average molecular weight is 142 g/mol. The Morgan fingerprint density at radius 3 is 1.88 bits per heavy atom. The van der Waals surface area contributed by atoms with Gasteiger partial charge in [0.05, 0.1) is 0 Å². The van der Waals surface area contributed by atoms with Crippen LogP contribution in [0, 0.1) is 0 Å². The summed E-state index contributed by atoms with van der Waals surface area (Å²) in [5, 5.41) is 15.8. The van der Waals surface area contributed by atoms with Gasteiger partial charge in [-0.3, -0.25) is 0 Å². The molecule has 50 valence electrons. The molecule has 0 unspecified atom stereocenters. The zero-order valence-electron chi connectivity index (χ0n) is 3.94. The van der Waals surface area contributed by atoms with Gasteiger partial charge in [-0.1, -0.05) is 0 Å². The first kappa shape index (κ1) is 7.99. The van der Waals surface area contributed by atoms with Gasteiger partial charge in [0.1, 0.15) is 0 Å². The second-order valence-electron chi connectivity index (χ2n) is 0.698. The molecule has 8 heavy (non-hydrogen) atoms. The summed E-state index contributed by atoms with van der Waals surface area (Å²) in [5.41, 5.74) is 0. The third kappa shape index (κ3) is 4.16. The Morgan fingerprint density at radius 2 is 1.62 bits per heavy atom. The molecule has 6 heteroatoms. The van der Waals surface area contributed by atoms with Gasteiger partial charge in [-0.25, -0.2) is 8.37 Å². The molecule has 0 aromatic carbocycles. The normalized spacial score (nSPS) is 10.4. The maximum absolute atomic E-state index is 9.99. The van der Waals surface area contributed by atoms with Gasteiger partial charge >= 0.3 is 11.4 Å². The molecular formula is C2H6O5S. The van der Waals surface area contributed by atoms with Crippen LogP contribution in [-0.4, -0.2) is 28.0 Å². The molecule has 0 aromatic heterocycles. The third-order valence-corrected chi connectivity index (χ3v) is 0.894. The lowest BCUT2D eigenvalue weighted by Crippen LogP contribution is -2.03. The quantitative estimate of drug-likeness (QED) is 0.467. The molecule has 0 saturated heterocycles. The summed E-state index contributed by atoms with van der Waals surface area (Å²) < 4.78 is 17.8. The van der Waals surface area contributed by atoms with Crippen molar-refractivity contribution in [1.29, 1.82) is 0 Å². The number of rotatable bonds is 4. The first-order chi connectivity index (χ1) is 3.81. The second-order valence-corrected chi connectivity index (χ2v) is 1.58. The first-order valence-corrected chi connectivity index (χ1v) is 2.71. The Morgan fingerprint density at radius 1 is 1.25 bits per heavy atom. The Labute approximate surface area is 48.7 Å². The minimum absolute atomic E-state index is 0.688. The molecule has 0 saturated carbocycles. The van der Waals surface area contributed by atoms with Crippen LogP contribution in [-0.2, 0) is 19.7 Å². The molecule has 0 bridgehead atoms. The summed E-state index contributed by atoms with van der Waals surface area (Å²) in [5.74, 6) is 0. The fourth-order valence-electron chi connectivity index (χ4n) is 0.120. The maximum Gasteiger partial charge on any atom is 0.309 e. The molecule has 0 radical (unpaired) electrons. The van der Waals surface area contributed by atoms with Gasteiger partial charge in [-0.05, 0) is 0 Å². The van der Waals surface area contributed by atoms with Crippen LogP contribution < -0.4 is 0 Å². The second kappa shape index (κ2) is 5.13. The Hall–Kier alpha value is -0.0100. The summed E-state index contributed by atoms with van der Waals surface area (Å²) in [6.45, 7) is -1.38. The van der Waals surface area contributed by atoms with Crippen LogP contribution in [0.2, 0.25) is 0 Å². The van der Waals surface area contributed by atoms with Crippen molar-refractivity contribution in [2.75, 3.05) is 13.6 Å². The summed E-state index contributed by atoms with van der Waals surface area (Å²) in [7, 11) is 0. The fourth-order valence-corrected chi connectivity index (χ4v) is 0.360. The van der Waals surface area contributed by atoms with Crippen molar-refractivity contribution >= 4 is 11.4 Å². The molecule has 0 aliphatic heterocycles. The van der Waals surface area contributed by atoms with Gasteiger partial charge in [0.25, 0.3) is 0 Å². The standard InChI is InChI=1S/C2H6O5S/c3-1-6-8(5)7-2-4/h3-4H,1-2H2. The highest BCUT2D eigenvalue weighted by atomic mass is 32.2. The molecular weight excluding hydrogens is 136 g/mol. The van der Waals surface area contributed by atoms with E-state index in [4.69, 9.17) is 10.2 Å². The molecule has 0 atom stereocenters. The van der Waals surface area contributed by atoms with Gasteiger partial charge in [-0.15, -0.1) is 0 Å². The third-order valence-electron chi connectivity index (χ3n) is 0.298. The number of hydrogen-bond acceptors (Lipinski definition) is 5. The molecule has 5 nitrogen and oxygen atoms in total. The summed E-state index contributed by atoms with van der Waals surface area (Å²) >= 11 is -2.02. The monoisotopic (exact) mass is 142 g/mol. The van der Waals surface area contributed by atoms with Crippen molar-refractivity contribution in [3.63, 3.8) is 0 Å². The Bertz CT molecular complexity index is 64.8. The summed E-state index contributed by atoms with van der Waals surface area (Å²) in [6.07, 6.45) is 0. The molecule has 0 heterocycles. The fraction of sp³-hybridized carbons (Fsp3) is 1.00. The minimum atomic E-state index is -2.02. The molecule has 0 aliphatic rings. The highest BCUT2D eigenvalue weighted by molar-refractivity contribution is 7.75. The molecule has 0 fully saturated rings. The zero-order valence-corrected chi connectivity index (χ0v) is 4.76. The van der Waals surface area contributed by atoms with E-state index in [-0.39, 0.29) is 0 Å². The number of aliphatic hydroxyl groups excluding tert-OH is 2. The van der Waals surface area contributed by atoms with Gasteiger partial charge in [0.15, 0.2) is 13.6 Å². The predicted octanol–water partition coefficient (Wildman–Crippen LogP) is -1.50. The van der Waals surface area contributed by atoms with Crippen LogP contribution >= 0.6 is 0 Å². The van der Waals surface area contributed by atoms with Gasteiger partial charge < -0.3 is 10.2 Å². The average Bonchev–Trinajstić information content (AvgIpc) is 1.68. The SMILES string of the molecule is O=S(OCO)OCO. The summed E-state index contributed by atoms with van der Waals surface area (Å²) in [4.78, 5) is 0. The van der Waals surface area contributed by atoms with Gasteiger partial charge in [0, 0.05) is 0 Å². The van der Waals surface area contributed by atoms with Gasteiger partial charge in [-0.2, -0.15) is 4.21 Å². The zero-order chi connectivity index (χ0) is 6.41. The maximum atomic E-state index is 9.99. The highest BCUT2D eigenvalue weighted by Gasteiger charge is 1.94. The number of hydrogen-bond donors (Lipinski definition) is 2. The van der Waals surface area contributed by atoms with Crippen LogP contribution in [0.15, 0.2) is 0 Å². The van der Waals surface area contributed by atoms with E-state index < -0.39 is 24.9 Å². The Balaban J connectivity index is 3.06. The van der Waals surface area contributed by atoms with Crippen molar-refractivity contribution in [1.82, 2.24) is 0 Å². The van der Waals surface area contributed by atoms with E-state index in [1.54, 1.807) is 0 Å². The minimum Gasteiger partial charge on any atom is -0.369 e. The predicted molar refractivity (Wildman–Crippen MR) is 24.5 cm³/mol. The van der Waals surface area contributed by atoms with Crippen LogP contribution in [0.5, 0.6) is 0 Å². The van der Waals surface area contributed by atoms with Crippen molar-refractivity contribution in [3.8, 4) is 0 Å². The molecule has 0 aliphatic carbocycles. The lowest BCUT2D eigenvalue weighted by atomic mass is 11.6. The van der Waals surface area contributed by atoms with E-state index in [9.17, 15) is 4.21 Å². The van der Waals surface area contributed by atoms with E-state index in [2.05, 4.69) is 8.37 Å². The molecule has 0 amide bonds. The highest BCUT2D eigenvalue weighted by Crippen LogP contribution is 1.83. The van der Waals surface area contributed by atoms with Crippen LogP contribution in [0.3, 0.4) is 0 Å². The van der Waals surface area contributed by atoms with E-state index in [1.165, 1.54) is 0 Å². The molecule has 2 N–H and O–H groups in total. The van der Waals surface area contributed by atoms with Crippen LogP contribution in [0.25, 0.3) is 0 Å². The largest absolute Gasteiger partial charge is 0.369 e. The van der Waals surface area contributed by atoms with E-state index in [1.807, 2.05) is 0 Å². The van der Waals surface area contributed by atoms with Crippen LogP contribution in [0.1, 0.15) is 0 Å². The first-order valence-electron chi connectivity index (χ1n) is 1.71.